The van der Waals surface area contributed by atoms with Gasteiger partial charge in [-0.1, -0.05) is 20.8 Å². The molecule has 3 fully saturated rings. The fourth-order valence-corrected chi connectivity index (χ4v) is 4.51. The van der Waals surface area contributed by atoms with Gasteiger partial charge in [0.1, 0.15) is 6.10 Å². The molecular formula is C19H23N3O2. The second-order valence-corrected chi connectivity index (χ2v) is 7.75. The van der Waals surface area contributed by atoms with E-state index in [4.69, 9.17) is 4.74 Å². The lowest BCUT2D eigenvalue weighted by molar-refractivity contribution is -0.156. The van der Waals surface area contributed by atoms with Gasteiger partial charge in [0.2, 0.25) is 0 Å². The van der Waals surface area contributed by atoms with Gasteiger partial charge in [0.05, 0.1) is 5.56 Å². The lowest BCUT2D eigenvalue weighted by Crippen LogP contribution is -2.57. The van der Waals surface area contributed by atoms with Crippen LogP contribution in [0.4, 0.5) is 0 Å². The normalized spacial score (nSPS) is 30.5. The summed E-state index contributed by atoms with van der Waals surface area (Å²) in [5.41, 5.74) is 0.895. The summed E-state index contributed by atoms with van der Waals surface area (Å²) in [5.74, 6) is 2.17. The quantitative estimate of drug-likeness (QED) is 0.811. The lowest BCUT2D eigenvalue weighted by atomic mass is 9.45. The van der Waals surface area contributed by atoms with Gasteiger partial charge in [0, 0.05) is 18.6 Å². The molecule has 5 rings (SSSR count). The van der Waals surface area contributed by atoms with E-state index in [1.807, 2.05) is 12.3 Å². The highest BCUT2D eigenvalue weighted by molar-refractivity contribution is 5.89. The Bertz CT molecular complexity index is 736. The molecule has 2 bridgehead atoms. The van der Waals surface area contributed by atoms with Crippen LogP contribution in [0, 0.1) is 23.2 Å². The van der Waals surface area contributed by atoms with Crippen molar-refractivity contribution in [1.82, 2.24) is 14.8 Å². The summed E-state index contributed by atoms with van der Waals surface area (Å²) in [6, 6.07) is 5.38. The van der Waals surface area contributed by atoms with Crippen LogP contribution in [0.25, 0.3) is 5.82 Å². The van der Waals surface area contributed by atoms with Crippen LogP contribution < -0.4 is 0 Å². The monoisotopic (exact) mass is 325 g/mol. The first-order chi connectivity index (χ1) is 11.5. The first-order valence-corrected chi connectivity index (χ1v) is 8.64. The Morgan fingerprint density at radius 1 is 1.33 bits per heavy atom. The highest BCUT2D eigenvalue weighted by Crippen LogP contribution is 2.61. The van der Waals surface area contributed by atoms with Crippen molar-refractivity contribution < 1.29 is 9.53 Å². The van der Waals surface area contributed by atoms with E-state index in [1.54, 1.807) is 29.2 Å². The summed E-state index contributed by atoms with van der Waals surface area (Å²) in [6.45, 7) is 6.91. The van der Waals surface area contributed by atoms with Gasteiger partial charge in [-0.25, -0.2) is 14.5 Å². The minimum atomic E-state index is -0.273. The van der Waals surface area contributed by atoms with Crippen molar-refractivity contribution in [3.63, 3.8) is 0 Å². The van der Waals surface area contributed by atoms with E-state index >= 15 is 0 Å². The fourth-order valence-electron chi connectivity index (χ4n) is 4.51. The van der Waals surface area contributed by atoms with Gasteiger partial charge in [0.25, 0.3) is 0 Å². The lowest BCUT2D eigenvalue weighted by Gasteiger charge is -2.61. The van der Waals surface area contributed by atoms with Gasteiger partial charge in [-0.05, 0) is 54.2 Å². The molecule has 2 aromatic heterocycles. The number of ether oxygens (including phenoxy) is 1. The number of carbonyl (C=O) groups excluding carboxylic acids is 1. The molecule has 24 heavy (non-hydrogen) atoms. The van der Waals surface area contributed by atoms with Crippen molar-refractivity contribution in [1.29, 1.82) is 0 Å². The minimum Gasteiger partial charge on any atom is -0.458 e. The molecular weight excluding hydrogens is 302 g/mol. The van der Waals surface area contributed by atoms with E-state index in [1.165, 1.54) is 6.42 Å². The molecule has 0 amide bonds. The van der Waals surface area contributed by atoms with Gasteiger partial charge >= 0.3 is 5.97 Å². The van der Waals surface area contributed by atoms with E-state index in [0.29, 0.717) is 34.6 Å². The van der Waals surface area contributed by atoms with Crippen LogP contribution in [0.2, 0.25) is 0 Å². The van der Waals surface area contributed by atoms with Crippen LogP contribution in [-0.4, -0.2) is 26.8 Å². The largest absolute Gasteiger partial charge is 0.458 e. The zero-order valence-corrected chi connectivity index (χ0v) is 14.3. The van der Waals surface area contributed by atoms with E-state index in [-0.39, 0.29) is 12.1 Å². The van der Waals surface area contributed by atoms with Crippen molar-refractivity contribution in [2.24, 2.45) is 23.2 Å². The van der Waals surface area contributed by atoms with E-state index < -0.39 is 0 Å². The average molecular weight is 325 g/mol. The Kier molecular flexibility index (Phi) is 3.48. The van der Waals surface area contributed by atoms with Crippen molar-refractivity contribution in [2.75, 3.05) is 0 Å². The fraction of sp³-hybridized carbons (Fsp3) is 0.526. The summed E-state index contributed by atoms with van der Waals surface area (Å²) in [6.07, 6.45) is 7.37. The molecule has 2 aromatic rings. The number of rotatable bonds is 3. The summed E-state index contributed by atoms with van der Waals surface area (Å²) >= 11 is 0. The Morgan fingerprint density at radius 3 is 2.75 bits per heavy atom. The third kappa shape index (κ3) is 2.34. The Hall–Kier alpha value is -2.17. The highest BCUT2D eigenvalue weighted by atomic mass is 16.5. The number of hydrogen-bond donors (Lipinski definition) is 0. The van der Waals surface area contributed by atoms with Crippen LogP contribution in [0.5, 0.6) is 0 Å². The van der Waals surface area contributed by atoms with Crippen LogP contribution >= 0.6 is 0 Å². The van der Waals surface area contributed by atoms with Gasteiger partial charge in [-0.3, -0.25) is 0 Å². The van der Waals surface area contributed by atoms with Crippen LogP contribution in [-0.2, 0) is 4.74 Å². The molecule has 2 heterocycles. The molecule has 3 aliphatic rings. The number of esters is 1. The smallest absolute Gasteiger partial charge is 0.339 e. The first-order valence-electron chi connectivity index (χ1n) is 8.64. The third-order valence-electron chi connectivity index (χ3n) is 6.27. The first kappa shape index (κ1) is 15.4. The van der Waals surface area contributed by atoms with E-state index in [9.17, 15) is 4.79 Å². The predicted molar refractivity (Wildman–Crippen MR) is 89.7 cm³/mol. The molecule has 0 unspecified atom stereocenters. The van der Waals surface area contributed by atoms with E-state index in [0.717, 1.165) is 6.42 Å². The van der Waals surface area contributed by atoms with Crippen LogP contribution in [0.3, 0.4) is 0 Å². The van der Waals surface area contributed by atoms with Crippen LogP contribution in [0.15, 0.2) is 36.8 Å². The van der Waals surface area contributed by atoms with Gasteiger partial charge in [-0.15, -0.1) is 0 Å². The number of fused-ring (bicyclic) bond motifs is 2. The Morgan fingerprint density at radius 2 is 2.17 bits per heavy atom. The average Bonchev–Trinajstić information content (AvgIpc) is 3.10. The molecule has 5 heteroatoms. The van der Waals surface area contributed by atoms with Crippen molar-refractivity contribution >= 4 is 5.97 Å². The molecule has 0 spiro atoms. The summed E-state index contributed by atoms with van der Waals surface area (Å²) in [4.78, 5) is 16.8. The highest BCUT2D eigenvalue weighted by Gasteiger charge is 2.57. The maximum Gasteiger partial charge on any atom is 0.339 e. The molecule has 3 aliphatic carbocycles. The van der Waals surface area contributed by atoms with Crippen molar-refractivity contribution in [3.8, 4) is 5.82 Å². The molecule has 0 N–H and O–H groups in total. The topological polar surface area (TPSA) is 57.0 Å². The number of carbonyl (C=O) groups is 1. The van der Waals surface area contributed by atoms with Gasteiger partial charge in [-0.2, -0.15) is 5.10 Å². The van der Waals surface area contributed by atoms with Crippen molar-refractivity contribution in [3.05, 3.63) is 42.4 Å². The molecule has 4 atom stereocenters. The van der Waals surface area contributed by atoms with Crippen LogP contribution in [0.1, 0.15) is 44.0 Å². The molecule has 3 saturated carbocycles. The van der Waals surface area contributed by atoms with Crippen molar-refractivity contribution in [2.45, 2.75) is 39.7 Å². The van der Waals surface area contributed by atoms with Gasteiger partial charge < -0.3 is 4.74 Å². The molecule has 0 aromatic carbocycles. The Labute approximate surface area is 142 Å². The second-order valence-electron chi connectivity index (χ2n) is 7.75. The standard InChI is InChI=1S/C19H23N3O2/c1-12-15-9-14(19(15,2)3)10-16(12)24-18(23)13-5-6-17(20-11-13)22-8-4-7-21-22/h4-8,11-12,14-16H,9-10H2,1-3H3/t12-,14+,15+,16-/m0/s1. The number of nitrogens with zero attached hydrogens (tertiary/aromatic N) is 3. The summed E-state index contributed by atoms with van der Waals surface area (Å²) in [7, 11) is 0. The zero-order chi connectivity index (χ0) is 16.9. The molecule has 0 aliphatic heterocycles. The zero-order valence-electron chi connectivity index (χ0n) is 14.3. The number of hydrogen-bond acceptors (Lipinski definition) is 4. The molecule has 0 saturated heterocycles. The second kappa shape index (κ2) is 5.43. The third-order valence-corrected chi connectivity index (χ3v) is 6.27. The minimum absolute atomic E-state index is 0.0278. The van der Waals surface area contributed by atoms with E-state index in [2.05, 4.69) is 30.9 Å². The Balaban J connectivity index is 1.44. The summed E-state index contributed by atoms with van der Waals surface area (Å²) < 4.78 is 7.47. The summed E-state index contributed by atoms with van der Waals surface area (Å²) in [5, 5.41) is 4.13. The number of pyridine rings is 1. The molecule has 0 radical (unpaired) electrons. The predicted octanol–water partition coefficient (Wildman–Crippen LogP) is 3.49. The number of aromatic nitrogens is 3. The molecule has 5 nitrogen and oxygen atoms in total. The maximum absolute atomic E-state index is 12.5. The maximum atomic E-state index is 12.5. The SMILES string of the molecule is C[C@@H]1[C@@H](OC(=O)c2ccc(-n3cccn3)nc2)C[C@H]2C[C@H]1C2(C)C. The van der Waals surface area contributed by atoms with Gasteiger partial charge in [0.15, 0.2) is 5.82 Å². The molecule has 126 valence electrons.